The van der Waals surface area contributed by atoms with Crippen molar-refractivity contribution >= 4 is 39.2 Å². The number of amides is 1. The van der Waals surface area contributed by atoms with Crippen LogP contribution in [0.2, 0.25) is 0 Å². The molecule has 0 aliphatic heterocycles. The third-order valence-electron chi connectivity index (χ3n) is 4.39. The van der Waals surface area contributed by atoms with Crippen molar-refractivity contribution in [2.24, 2.45) is 0 Å². The summed E-state index contributed by atoms with van der Waals surface area (Å²) in [5.74, 6) is 0.165. The van der Waals surface area contributed by atoms with Gasteiger partial charge < -0.3 is 5.32 Å². The second-order valence-corrected chi connectivity index (χ2v) is 8.48. The van der Waals surface area contributed by atoms with Gasteiger partial charge in [0.25, 0.3) is 5.56 Å². The number of thiophene rings is 1. The van der Waals surface area contributed by atoms with Crippen molar-refractivity contribution in [1.82, 2.24) is 14.9 Å². The predicted octanol–water partition coefficient (Wildman–Crippen LogP) is 4.07. The molecular formula is C20H23N3O2S2. The van der Waals surface area contributed by atoms with Gasteiger partial charge in [-0.3, -0.25) is 14.2 Å². The Balaban J connectivity index is 2.03. The molecule has 5 nitrogen and oxygen atoms in total. The number of thioether (sulfide) groups is 1. The van der Waals surface area contributed by atoms with E-state index >= 15 is 0 Å². The second-order valence-electron chi connectivity index (χ2n) is 6.63. The number of nitrogens with one attached hydrogen (secondary N) is 1. The molecule has 0 saturated heterocycles. The highest BCUT2D eigenvalue weighted by Crippen LogP contribution is 2.25. The molecule has 7 heteroatoms. The molecule has 0 aliphatic carbocycles. The quantitative estimate of drug-likeness (QED) is 0.499. The summed E-state index contributed by atoms with van der Waals surface area (Å²) >= 11 is 2.68. The molecule has 0 unspecified atom stereocenters. The fraction of sp³-hybridized carbons (Fsp3) is 0.350. The summed E-state index contributed by atoms with van der Waals surface area (Å²) in [6, 6.07) is 7.95. The van der Waals surface area contributed by atoms with Crippen LogP contribution in [0.5, 0.6) is 0 Å². The summed E-state index contributed by atoms with van der Waals surface area (Å²) in [4.78, 5) is 30.0. The Morgan fingerprint density at radius 1 is 1.33 bits per heavy atom. The zero-order valence-electron chi connectivity index (χ0n) is 15.9. The number of benzene rings is 1. The molecule has 2 heterocycles. The lowest BCUT2D eigenvalue weighted by molar-refractivity contribution is -0.119. The van der Waals surface area contributed by atoms with Gasteiger partial charge in [0.2, 0.25) is 5.91 Å². The summed E-state index contributed by atoms with van der Waals surface area (Å²) in [7, 11) is 0. The van der Waals surface area contributed by atoms with Crippen LogP contribution in [0.1, 0.15) is 31.4 Å². The van der Waals surface area contributed by atoms with Crippen molar-refractivity contribution in [3.8, 4) is 5.69 Å². The molecule has 27 heavy (non-hydrogen) atoms. The van der Waals surface area contributed by atoms with E-state index in [1.165, 1.54) is 23.1 Å². The molecule has 2 aromatic heterocycles. The molecular weight excluding hydrogens is 378 g/mol. The summed E-state index contributed by atoms with van der Waals surface area (Å²) in [5.41, 5.74) is 3.53. The van der Waals surface area contributed by atoms with Gasteiger partial charge in [0.1, 0.15) is 4.70 Å². The van der Waals surface area contributed by atoms with E-state index in [0.717, 1.165) is 23.2 Å². The van der Waals surface area contributed by atoms with E-state index < -0.39 is 0 Å². The van der Waals surface area contributed by atoms with Gasteiger partial charge in [-0.15, -0.1) is 11.3 Å². The van der Waals surface area contributed by atoms with Crippen molar-refractivity contribution in [2.45, 2.75) is 45.3 Å². The van der Waals surface area contributed by atoms with Crippen molar-refractivity contribution in [2.75, 3.05) is 5.75 Å². The Morgan fingerprint density at radius 3 is 2.81 bits per heavy atom. The number of hydrogen-bond donors (Lipinski definition) is 1. The van der Waals surface area contributed by atoms with E-state index in [-0.39, 0.29) is 23.3 Å². The first-order chi connectivity index (χ1) is 12.9. The van der Waals surface area contributed by atoms with Gasteiger partial charge in [-0.05, 0) is 50.3 Å². The molecule has 1 atom stereocenters. The molecule has 3 aromatic rings. The lowest BCUT2D eigenvalue weighted by Gasteiger charge is -2.15. The van der Waals surface area contributed by atoms with Crippen LogP contribution < -0.4 is 10.9 Å². The third kappa shape index (κ3) is 4.25. The van der Waals surface area contributed by atoms with Gasteiger partial charge in [0.05, 0.1) is 17.0 Å². The smallest absolute Gasteiger partial charge is 0.276 e. The minimum absolute atomic E-state index is 0.0545. The molecule has 0 radical (unpaired) electrons. The lowest BCUT2D eigenvalue weighted by Crippen LogP contribution is -2.33. The van der Waals surface area contributed by atoms with Crippen LogP contribution >= 0.6 is 23.1 Å². The monoisotopic (exact) mass is 401 g/mol. The summed E-state index contributed by atoms with van der Waals surface area (Å²) < 4.78 is 2.26. The predicted molar refractivity (Wildman–Crippen MR) is 113 cm³/mol. The Morgan fingerprint density at radius 2 is 2.11 bits per heavy atom. The molecule has 0 fully saturated rings. The molecule has 0 aliphatic rings. The van der Waals surface area contributed by atoms with Crippen LogP contribution in [0.3, 0.4) is 0 Å². The second kappa shape index (κ2) is 8.27. The first-order valence-electron chi connectivity index (χ1n) is 8.90. The van der Waals surface area contributed by atoms with Gasteiger partial charge >= 0.3 is 0 Å². The van der Waals surface area contributed by atoms with Crippen LogP contribution in [0.15, 0.2) is 39.6 Å². The van der Waals surface area contributed by atoms with Gasteiger partial charge in [0.15, 0.2) is 5.16 Å². The maximum absolute atomic E-state index is 13.1. The van der Waals surface area contributed by atoms with Crippen molar-refractivity contribution in [3.63, 3.8) is 0 Å². The normalized spacial score (nSPS) is 12.3. The number of hydrogen-bond acceptors (Lipinski definition) is 5. The Bertz CT molecular complexity index is 1040. The van der Waals surface area contributed by atoms with E-state index in [2.05, 4.69) is 10.3 Å². The number of carbonyl (C=O) groups excluding carboxylic acids is 1. The topological polar surface area (TPSA) is 64.0 Å². The SMILES string of the molecule is CC[C@H](C)NC(=O)CSc1nc2ccsc2c(=O)n1-c1ccc(C)cc1C. The first-order valence-corrected chi connectivity index (χ1v) is 10.8. The minimum atomic E-state index is -0.0909. The van der Waals surface area contributed by atoms with Gasteiger partial charge in [0, 0.05) is 6.04 Å². The molecule has 0 spiro atoms. The highest BCUT2D eigenvalue weighted by molar-refractivity contribution is 7.99. The number of rotatable bonds is 6. The average molecular weight is 402 g/mol. The molecule has 0 bridgehead atoms. The number of carbonyl (C=O) groups is 1. The highest BCUT2D eigenvalue weighted by Gasteiger charge is 2.17. The number of fused-ring (bicyclic) bond motifs is 1. The molecule has 0 saturated carbocycles. The van der Waals surface area contributed by atoms with Crippen molar-refractivity contribution < 1.29 is 4.79 Å². The largest absolute Gasteiger partial charge is 0.353 e. The first kappa shape index (κ1) is 19.6. The van der Waals surface area contributed by atoms with Crippen LogP contribution in [0.25, 0.3) is 15.9 Å². The standard InChI is InChI=1S/C20H23N3O2S2/c1-5-14(4)21-17(24)11-27-20-22-15-8-9-26-18(15)19(25)23(20)16-7-6-12(2)10-13(16)3/h6-10,14H,5,11H2,1-4H3,(H,21,24)/t14-/m0/s1. The van der Waals surface area contributed by atoms with E-state index in [9.17, 15) is 9.59 Å². The molecule has 3 rings (SSSR count). The lowest BCUT2D eigenvalue weighted by atomic mass is 10.1. The van der Waals surface area contributed by atoms with E-state index in [0.29, 0.717) is 15.4 Å². The van der Waals surface area contributed by atoms with E-state index in [1.54, 1.807) is 4.57 Å². The van der Waals surface area contributed by atoms with Crippen LogP contribution in [0.4, 0.5) is 0 Å². The Kier molecular flexibility index (Phi) is 6.01. The van der Waals surface area contributed by atoms with Gasteiger partial charge in [-0.1, -0.05) is 36.4 Å². The van der Waals surface area contributed by atoms with E-state index in [1.807, 2.05) is 57.3 Å². The van der Waals surface area contributed by atoms with Gasteiger partial charge in [-0.25, -0.2) is 4.98 Å². The zero-order valence-corrected chi connectivity index (χ0v) is 17.5. The molecule has 142 valence electrons. The summed E-state index contributed by atoms with van der Waals surface area (Å²) in [6.07, 6.45) is 0.878. The highest BCUT2D eigenvalue weighted by atomic mass is 32.2. The van der Waals surface area contributed by atoms with E-state index in [4.69, 9.17) is 0 Å². The maximum atomic E-state index is 13.1. The van der Waals surface area contributed by atoms with Gasteiger partial charge in [-0.2, -0.15) is 0 Å². The Labute approximate surface area is 166 Å². The fourth-order valence-corrected chi connectivity index (χ4v) is 4.38. The number of nitrogens with zero attached hydrogens (tertiary/aromatic N) is 2. The average Bonchev–Trinajstić information content (AvgIpc) is 3.10. The number of aryl methyl sites for hydroxylation is 2. The Hall–Kier alpha value is -2.12. The van der Waals surface area contributed by atoms with Crippen LogP contribution in [-0.4, -0.2) is 27.3 Å². The summed E-state index contributed by atoms with van der Waals surface area (Å²) in [5, 5.41) is 5.36. The molecule has 1 N–H and O–H groups in total. The van der Waals surface area contributed by atoms with Crippen molar-refractivity contribution in [1.29, 1.82) is 0 Å². The summed E-state index contributed by atoms with van der Waals surface area (Å²) in [6.45, 7) is 8.01. The fourth-order valence-electron chi connectivity index (χ4n) is 2.81. The minimum Gasteiger partial charge on any atom is -0.353 e. The number of aromatic nitrogens is 2. The van der Waals surface area contributed by atoms with Crippen molar-refractivity contribution in [3.05, 3.63) is 51.1 Å². The maximum Gasteiger partial charge on any atom is 0.276 e. The molecule has 1 amide bonds. The molecule has 1 aromatic carbocycles. The zero-order chi connectivity index (χ0) is 19.6. The third-order valence-corrected chi connectivity index (χ3v) is 6.22. The van der Waals surface area contributed by atoms with Crippen LogP contribution in [0, 0.1) is 13.8 Å². The van der Waals surface area contributed by atoms with Crippen LogP contribution in [-0.2, 0) is 4.79 Å².